The standard InChI is InChI=1S/C17H13F3N6O4/c18-17(19,20)13-2-1-11(5-21-13)15-22-3-10(4-23-15)8-29-12-6-25-7-14(26(27)28)24-16(25)30-9-12/h1-5,7,12H,6,8-9H2/t12-/m0/s1. The van der Waals surface area contributed by atoms with Crippen LogP contribution in [0.2, 0.25) is 0 Å². The van der Waals surface area contributed by atoms with Gasteiger partial charge in [-0.2, -0.15) is 13.2 Å². The third kappa shape index (κ3) is 4.20. The number of hydrogen-bond acceptors (Lipinski definition) is 8. The highest BCUT2D eigenvalue weighted by Gasteiger charge is 2.32. The smallest absolute Gasteiger partial charge is 0.433 e. The van der Waals surface area contributed by atoms with Crippen molar-refractivity contribution in [2.24, 2.45) is 0 Å². The molecule has 10 nitrogen and oxygen atoms in total. The summed E-state index contributed by atoms with van der Waals surface area (Å²) >= 11 is 0. The normalized spacial score (nSPS) is 16.0. The molecule has 0 aliphatic carbocycles. The highest BCUT2D eigenvalue weighted by molar-refractivity contribution is 5.53. The van der Waals surface area contributed by atoms with Gasteiger partial charge in [0, 0.05) is 34.7 Å². The zero-order chi connectivity index (χ0) is 21.3. The summed E-state index contributed by atoms with van der Waals surface area (Å²) in [5.74, 6) is -0.0660. The number of rotatable bonds is 5. The van der Waals surface area contributed by atoms with Gasteiger partial charge >= 0.3 is 18.0 Å². The van der Waals surface area contributed by atoms with Crippen molar-refractivity contribution < 1.29 is 27.6 Å². The molecule has 4 heterocycles. The first-order valence-electron chi connectivity index (χ1n) is 8.60. The van der Waals surface area contributed by atoms with E-state index in [1.807, 2.05) is 0 Å². The first-order chi connectivity index (χ1) is 14.3. The number of halogens is 3. The maximum atomic E-state index is 12.6. The van der Waals surface area contributed by atoms with Gasteiger partial charge in [-0.15, -0.1) is 0 Å². The summed E-state index contributed by atoms with van der Waals surface area (Å²) in [6, 6.07) is 2.29. The van der Waals surface area contributed by atoms with Crippen LogP contribution in [0.4, 0.5) is 19.0 Å². The van der Waals surface area contributed by atoms with Gasteiger partial charge in [0.1, 0.15) is 24.6 Å². The Balaban J connectivity index is 1.35. The van der Waals surface area contributed by atoms with Crippen molar-refractivity contribution in [3.05, 3.63) is 58.3 Å². The molecule has 13 heteroatoms. The minimum Gasteiger partial charge on any atom is -0.443 e. The van der Waals surface area contributed by atoms with Gasteiger partial charge in [-0.1, -0.05) is 0 Å². The van der Waals surface area contributed by atoms with E-state index < -0.39 is 16.8 Å². The molecule has 0 amide bonds. The number of hydrogen-bond donors (Lipinski definition) is 0. The number of nitrogens with zero attached hydrogens (tertiary/aromatic N) is 6. The molecule has 0 unspecified atom stereocenters. The van der Waals surface area contributed by atoms with E-state index >= 15 is 0 Å². The van der Waals surface area contributed by atoms with Crippen molar-refractivity contribution in [2.45, 2.75) is 25.4 Å². The summed E-state index contributed by atoms with van der Waals surface area (Å²) in [7, 11) is 0. The Kier molecular flexibility index (Phi) is 5.03. The van der Waals surface area contributed by atoms with Crippen LogP contribution in [0.5, 0.6) is 6.01 Å². The molecule has 0 fully saturated rings. The summed E-state index contributed by atoms with van der Waals surface area (Å²) in [5.41, 5.74) is 0.00348. The number of pyridine rings is 1. The minimum absolute atomic E-state index is 0.158. The van der Waals surface area contributed by atoms with Gasteiger partial charge in [0.25, 0.3) is 0 Å². The SMILES string of the molecule is O=[N+]([O-])c1cn2c(n1)OC[C@@H](OCc1cnc(-c3ccc(C(F)(F)F)nc3)nc1)C2. The van der Waals surface area contributed by atoms with Gasteiger partial charge in [0.05, 0.1) is 13.2 Å². The van der Waals surface area contributed by atoms with Gasteiger partial charge in [-0.3, -0.25) is 9.55 Å². The lowest BCUT2D eigenvalue weighted by Crippen LogP contribution is -2.32. The molecule has 1 atom stereocenters. The fraction of sp³-hybridized carbons (Fsp3) is 0.294. The summed E-state index contributed by atoms with van der Waals surface area (Å²) in [6.45, 7) is 0.683. The summed E-state index contributed by atoms with van der Waals surface area (Å²) in [4.78, 5) is 25.6. The maximum absolute atomic E-state index is 12.6. The molecule has 1 aliphatic rings. The number of imidazole rings is 1. The Morgan fingerprint density at radius 2 is 2.00 bits per heavy atom. The lowest BCUT2D eigenvalue weighted by molar-refractivity contribution is -0.389. The molecule has 0 aromatic carbocycles. The Morgan fingerprint density at radius 1 is 1.23 bits per heavy atom. The van der Waals surface area contributed by atoms with Crippen molar-refractivity contribution in [1.82, 2.24) is 24.5 Å². The van der Waals surface area contributed by atoms with E-state index in [4.69, 9.17) is 9.47 Å². The van der Waals surface area contributed by atoms with E-state index in [1.165, 1.54) is 29.2 Å². The van der Waals surface area contributed by atoms with Crippen LogP contribution in [-0.4, -0.2) is 42.1 Å². The summed E-state index contributed by atoms with van der Waals surface area (Å²) in [6.07, 6.45) is 0.474. The molecule has 3 aromatic heterocycles. The van der Waals surface area contributed by atoms with Gasteiger partial charge in [0.15, 0.2) is 5.82 Å². The third-order valence-electron chi connectivity index (χ3n) is 4.22. The van der Waals surface area contributed by atoms with Crippen LogP contribution in [-0.2, 0) is 24.1 Å². The van der Waals surface area contributed by atoms with Crippen LogP contribution in [0, 0.1) is 10.1 Å². The lowest BCUT2D eigenvalue weighted by atomic mass is 10.2. The monoisotopic (exact) mass is 422 g/mol. The van der Waals surface area contributed by atoms with Crippen LogP contribution >= 0.6 is 0 Å². The van der Waals surface area contributed by atoms with Crippen LogP contribution in [0.1, 0.15) is 11.3 Å². The summed E-state index contributed by atoms with van der Waals surface area (Å²) in [5, 5.41) is 10.8. The first kappa shape index (κ1) is 19.7. The molecule has 1 aliphatic heterocycles. The second-order valence-corrected chi connectivity index (χ2v) is 6.38. The molecule has 0 saturated carbocycles. The predicted molar refractivity (Wildman–Crippen MR) is 93.2 cm³/mol. The molecule has 156 valence electrons. The van der Waals surface area contributed by atoms with E-state index in [0.29, 0.717) is 17.7 Å². The van der Waals surface area contributed by atoms with Gasteiger partial charge in [-0.25, -0.2) is 9.97 Å². The second kappa shape index (κ2) is 7.67. The summed E-state index contributed by atoms with van der Waals surface area (Å²) < 4.78 is 50.3. The van der Waals surface area contributed by atoms with E-state index in [-0.39, 0.29) is 37.0 Å². The van der Waals surface area contributed by atoms with Crippen molar-refractivity contribution >= 4 is 5.82 Å². The average molecular weight is 422 g/mol. The van der Waals surface area contributed by atoms with E-state index in [2.05, 4.69) is 19.9 Å². The molecular formula is C17H13F3N6O4. The number of fused-ring (bicyclic) bond motifs is 1. The van der Waals surface area contributed by atoms with Crippen molar-refractivity contribution in [2.75, 3.05) is 6.61 Å². The predicted octanol–water partition coefficient (Wildman–Crippen LogP) is 2.64. The fourth-order valence-electron chi connectivity index (χ4n) is 2.75. The van der Waals surface area contributed by atoms with Gasteiger partial charge in [0.2, 0.25) is 0 Å². The Labute approximate surface area is 166 Å². The maximum Gasteiger partial charge on any atom is 0.433 e. The molecule has 0 radical (unpaired) electrons. The highest BCUT2D eigenvalue weighted by Crippen LogP contribution is 2.28. The molecule has 0 bridgehead atoms. The van der Waals surface area contributed by atoms with Crippen molar-refractivity contribution in [1.29, 1.82) is 0 Å². The molecule has 0 saturated heterocycles. The van der Waals surface area contributed by atoms with Crippen LogP contribution < -0.4 is 4.74 Å². The molecule has 30 heavy (non-hydrogen) atoms. The fourth-order valence-corrected chi connectivity index (χ4v) is 2.75. The zero-order valence-corrected chi connectivity index (χ0v) is 15.1. The quantitative estimate of drug-likeness (QED) is 0.455. The number of ether oxygens (including phenoxy) is 2. The van der Waals surface area contributed by atoms with Gasteiger partial charge < -0.3 is 19.6 Å². The molecule has 0 spiro atoms. The molecule has 3 aromatic rings. The lowest BCUT2D eigenvalue weighted by Gasteiger charge is -2.22. The van der Waals surface area contributed by atoms with Crippen molar-refractivity contribution in [3.63, 3.8) is 0 Å². The number of nitro groups is 1. The van der Waals surface area contributed by atoms with Gasteiger partial charge in [-0.05, 0) is 17.1 Å². The Bertz CT molecular complexity index is 1050. The highest BCUT2D eigenvalue weighted by atomic mass is 19.4. The van der Waals surface area contributed by atoms with Crippen molar-refractivity contribution in [3.8, 4) is 17.4 Å². The number of alkyl halides is 3. The Hall–Kier alpha value is -3.61. The zero-order valence-electron chi connectivity index (χ0n) is 15.1. The van der Waals surface area contributed by atoms with Crippen LogP contribution in [0.3, 0.4) is 0 Å². The minimum atomic E-state index is -4.51. The second-order valence-electron chi connectivity index (χ2n) is 6.38. The molecule has 0 N–H and O–H groups in total. The average Bonchev–Trinajstić information content (AvgIpc) is 3.16. The van der Waals surface area contributed by atoms with Crippen LogP contribution in [0.25, 0.3) is 11.4 Å². The Morgan fingerprint density at radius 3 is 2.63 bits per heavy atom. The van der Waals surface area contributed by atoms with E-state index in [1.54, 1.807) is 0 Å². The topological polar surface area (TPSA) is 118 Å². The molecular weight excluding hydrogens is 409 g/mol. The largest absolute Gasteiger partial charge is 0.443 e. The third-order valence-corrected chi connectivity index (χ3v) is 4.22. The van der Waals surface area contributed by atoms with E-state index in [9.17, 15) is 23.3 Å². The van der Waals surface area contributed by atoms with Crippen LogP contribution in [0.15, 0.2) is 36.9 Å². The number of aromatic nitrogens is 5. The van der Waals surface area contributed by atoms with E-state index in [0.717, 1.165) is 12.3 Å². The first-order valence-corrected chi connectivity index (χ1v) is 8.60. The molecule has 4 rings (SSSR count).